The van der Waals surface area contributed by atoms with E-state index >= 15 is 0 Å². The molecule has 0 aliphatic carbocycles. The van der Waals surface area contributed by atoms with Crippen LogP contribution in [0.3, 0.4) is 0 Å². The van der Waals surface area contributed by atoms with Gasteiger partial charge in [-0.3, -0.25) is 39.1 Å². The number of aromatic nitrogens is 3. The zero-order valence-electron chi connectivity index (χ0n) is 33.0. The number of carbonyl (C=O) groups excluding carboxylic acids is 5. The first-order valence-corrected chi connectivity index (χ1v) is 20.9. The average Bonchev–Trinajstić information content (AvgIpc) is 3.78. The number of para-hydroxylation sites is 1. The summed E-state index contributed by atoms with van der Waals surface area (Å²) >= 11 is 7.53. The number of carbonyl (C=O) groups is 5. The predicted molar refractivity (Wildman–Crippen MR) is 224 cm³/mol. The molecular weight excluding hydrogens is 780 g/mol. The Balaban J connectivity index is 0.00000252. The fraction of sp³-hybridized carbons (Fsp3) is 0.415. The number of nitrogens with one attached hydrogen (secondary N) is 3. The molecule has 0 spiro atoms. The van der Waals surface area contributed by atoms with Gasteiger partial charge in [-0.15, -0.1) is 0 Å². The van der Waals surface area contributed by atoms with Crippen LogP contribution >= 0.6 is 22.9 Å². The molecule has 58 heavy (non-hydrogen) atoms. The fourth-order valence-electron chi connectivity index (χ4n) is 7.84. The van der Waals surface area contributed by atoms with Crippen molar-refractivity contribution in [1.82, 2.24) is 30.1 Å². The molecule has 1 atom stereocenters. The predicted octanol–water partition coefficient (Wildman–Crippen LogP) is 5.67. The monoisotopic (exact) mass is 826 g/mol. The van der Waals surface area contributed by atoms with Crippen LogP contribution in [0.1, 0.15) is 81.3 Å². The lowest BCUT2D eigenvalue weighted by Gasteiger charge is -2.39. The van der Waals surface area contributed by atoms with E-state index in [0.29, 0.717) is 49.4 Å². The van der Waals surface area contributed by atoms with Crippen LogP contribution in [-0.2, 0) is 9.59 Å². The van der Waals surface area contributed by atoms with Gasteiger partial charge in [0, 0.05) is 64.0 Å². The summed E-state index contributed by atoms with van der Waals surface area (Å²) in [5, 5.41) is 9.40. The summed E-state index contributed by atoms with van der Waals surface area (Å²) in [7, 11) is 0. The number of piperidine rings is 2. The SMILES string of the molecule is CC.Cc1nc(Nc2ncc(C(=O)Nc3c(C)cccc3Cl)s2)cc(N2CCN(CC3CCN(c4ccc5c(c4)C(=O)N(C4CCC(=O)NC4=O)C5=O)CC3)CC2)n1. The van der Waals surface area contributed by atoms with Crippen LogP contribution < -0.4 is 25.8 Å². The number of amides is 5. The van der Waals surface area contributed by atoms with Gasteiger partial charge in [-0.2, -0.15) is 0 Å². The lowest BCUT2D eigenvalue weighted by atomic mass is 9.95. The molecule has 4 aliphatic heterocycles. The largest absolute Gasteiger partial charge is 0.371 e. The summed E-state index contributed by atoms with van der Waals surface area (Å²) in [6, 6.07) is 11.7. The molecule has 2 aromatic carbocycles. The number of aryl methyl sites for hydroxylation is 2. The summed E-state index contributed by atoms with van der Waals surface area (Å²) in [5.74, 6) is 0.352. The molecule has 0 saturated carbocycles. The van der Waals surface area contributed by atoms with Gasteiger partial charge in [0.05, 0.1) is 28.0 Å². The number of hydrogen-bond donors (Lipinski definition) is 3. The third kappa shape index (κ3) is 8.68. The molecular formula is C41H47ClN10O5S. The Morgan fingerprint density at radius 2 is 1.64 bits per heavy atom. The van der Waals surface area contributed by atoms with E-state index in [-0.39, 0.29) is 18.7 Å². The molecule has 3 saturated heterocycles. The van der Waals surface area contributed by atoms with E-state index in [0.717, 1.165) is 80.6 Å². The van der Waals surface area contributed by atoms with Crippen LogP contribution in [0, 0.1) is 19.8 Å². The topological polar surface area (TPSA) is 173 Å². The zero-order chi connectivity index (χ0) is 41.1. The van der Waals surface area contributed by atoms with Crippen molar-refractivity contribution >= 4 is 80.6 Å². The van der Waals surface area contributed by atoms with Gasteiger partial charge in [0.1, 0.15) is 28.4 Å². The van der Waals surface area contributed by atoms with Crippen molar-refractivity contribution in [1.29, 1.82) is 0 Å². The molecule has 304 valence electrons. The third-order valence-corrected chi connectivity index (χ3v) is 12.1. The lowest BCUT2D eigenvalue weighted by molar-refractivity contribution is -0.136. The minimum absolute atomic E-state index is 0.0901. The Bertz CT molecular complexity index is 2210. The molecule has 2 aromatic heterocycles. The summed E-state index contributed by atoms with van der Waals surface area (Å²) < 4.78 is 0. The Morgan fingerprint density at radius 3 is 2.36 bits per heavy atom. The summed E-state index contributed by atoms with van der Waals surface area (Å²) in [6.07, 6.45) is 3.77. The smallest absolute Gasteiger partial charge is 0.267 e. The maximum Gasteiger partial charge on any atom is 0.267 e. The molecule has 5 amide bonds. The maximum atomic E-state index is 13.3. The van der Waals surface area contributed by atoms with Crippen LogP contribution in [0.2, 0.25) is 5.02 Å². The molecule has 1 unspecified atom stereocenters. The van der Waals surface area contributed by atoms with E-state index in [1.165, 1.54) is 17.5 Å². The number of rotatable bonds is 9. The number of imide groups is 2. The highest BCUT2D eigenvalue weighted by atomic mass is 35.5. The Labute approximate surface area is 346 Å². The van der Waals surface area contributed by atoms with Crippen molar-refractivity contribution in [2.45, 2.75) is 59.4 Å². The van der Waals surface area contributed by atoms with Gasteiger partial charge in [-0.25, -0.2) is 15.0 Å². The minimum Gasteiger partial charge on any atom is -0.371 e. The van der Waals surface area contributed by atoms with E-state index in [4.69, 9.17) is 16.6 Å². The van der Waals surface area contributed by atoms with Crippen LogP contribution in [0.15, 0.2) is 48.7 Å². The molecule has 6 heterocycles. The van der Waals surface area contributed by atoms with Crippen molar-refractivity contribution in [2.24, 2.45) is 5.92 Å². The lowest BCUT2D eigenvalue weighted by Crippen LogP contribution is -2.54. The summed E-state index contributed by atoms with van der Waals surface area (Å²) in [4.78, 5) is 85.6. The van der Waals surface area contributed by atoms with Gasteiger partial charge in [-0.1, -0.05) is 48.9 Å². The molecule has 0 radical (unpaired) electrons. The third-order valence-electron chi connectivity index (χ3n) is 10.9. The molecule has 4 aromatic rings. The zero-order valence-corrected chi connectivity index (χ0v) is 34.6. The van der Waals surface area contributed by atoms with Crippen molar-refractivity contribution < 1.29 is 24.0 Å². The highest BCUT2D eigenvalue weighted by molar-refractivity contribution is 7.17. The van der Waals surface area contributed by atoms with Crippen LogP contribution in [0.5, 0.6) is 0 Å². The highest BCUT2D eigenvalue weighted by Gasteiger charge is 2.45. The second kappa shape index (κ2) is 17.6. The first kappa shape index (κ1) is 40.7. The quantitative estimate of drug-likeness (QED) is 0.177. The van der Waals surface area contributed by atoms with E-state index in [9.17, 15) is 24.0 Å². The second-order valence-electron chi connectivity index (χ2n) is 14.6. The van der Waals surface area contributed by atoms with E-state index in [2.05, 4.69) is 40.6 Å². The first-order chi connectivity index (χ1) is 28.0. The fourth-order valence-corrected chi connectivity index (χ4v) is 8.83. The summed E-state index contributed by atoms with van der Waals surface area (Å²) in [6.45, 7) is 13.9. The number of nitrogens with zero attached hydrogens (tertiary/aromatic N) is 7. The number of halogens is 1. The van der Waals surface area contributed by atoms with Gasteiger partial charge in [-0.05, 0) is 68.9 Å². The Morgan fingerprint density at radius 1 is 0.897 bits per heavy atom. The molecule has 4 aliphatic rings. The van der Waals surface area contributed by atoms with Gasteiger partial charge in [0.15, 0.2) is 5.13 Å². The van der Waals surface area contributed by atoms with Crippen LogP contribution in [-0.4, -0.2) is 106 Å². The number of thiazole rings is 1. The maximum absolute atomic E-state index is 13.3. The van der Waals surface area contributed by atoms with E-state index in [1.54, 1.807) is 18.2 Å². The standard InChI is InChI=1S/C39H41ClN10O5S.C2H6/c1-22-4-3-5-28(40)34(22)46-36(53)30-20-41-39(56-30)44-31-19-32(43-23(2)42-31)49-16-14-47(15-17-49)21-24-10-12-48(13-11-24)25-6-7-26-27(18-25)38(55)50(37(26)54)29-8-9-33(51)45-35(29)52;1-2/h3-7,18-20,24,29H,8-17,21H2,1-2H3,(H,46,53)(H,45,51,52)(H,41,42,43,44);1-2H3. The minimum atomic E-state index is -0.975. The van der Waals surface area contributed by atoms with Gasteiger partial charge >= 0.3 is 0 Å². The Hall–Kier alpha value is -5.45. The number of benzene rings is 2. The Kier molecular flexibility index (Phi) is 12.4. The van der Waals surface area contributed by atoms with Gasteiger partial charge < -0.3 is 20.4 Å². The second-order valence-corrected chi connectivity index (χ2v) is 16.0. The molecule has 3 N–H and O–H groups in total. The average molecular weight is 827 g/mol. The van der Waals surface area contributed by atoms with Crippen molar-refractivity contribution in [2.75, 3.05) is 66.2 Å². The van der Waals surface area contributed by atoms with Crippen molar-refractivity contribution in [3.63, 3.8) is 0 Å². The number of piperazine rings is 1. The van der Waals surface area contributed by atoms with E-state index < -0.39 is 29.7 Å². The molecule has 3 fully saturated rings. The van der Waals surface area contributed by atoms with Gasteiger partial charge in [0.25, 0.3) is 17.7 Å². The van der Waals surface area contributed by atoms with Crippen molar-refractivity contribution in [3.05, 3.63) is 81.1 Å². The molecule has 15 nitrogen and oxygen atoms in total. The number of fused-ring (bicyclic) bond motifs is 1. The van der Waals surface area contributed by atoms with Gasteiger partial charge in [0.2, 0.25) is 11.8 Å². The number of anilines is 5. The van der Waals surface area contributed by atoms with Crippen molar-refractivity contribution in [3.8, 4) is 0 Å². The normalized spacial score (nSPS) is 18.8. The summed E-state index contributed by atoms with van der Waals surface area (Å²) in [5.41, 5.74) is 2.94. The molecule has 17 heteroatoms. The molecule has 8 rings (SSSR count). The van der Waals surface area contributed by atoms with Crippen LogP contribution in [0.4, 0.5) is 28.1 Å². The molecule has 0 bridgehead atoms. The van der Waals surface area contributed by atoms with Crippen LogP contribution in [0.25, 0.3) is 0 Å². The highest BCUT2D eigenvalue weighted by Crippen LogP contribution is 2.33. The first-order valence-electron chi connectivity index (χ1n) is 19.7. The van der Waals surface area contributed by atoms with E-state index in [1.807, 2.05) is 52.0 Å². The number of hydrogen-bond acceptors (Lipinski definition) is 13.